The average Bonchev–Trinajstić information content (AvgIpc) is 2.38. The molecule has 1 N–H and O–H groups in total. The molecule has 1 unspecified atom stereocenters. The monoisotopic (exact) mass is 306 g/mol. The van der Waals surface area contributed by atoms with Gasteiger partial charge in [0.25, 0.3) is 5.69 Å². The fraction of sp³-hybridized carbons (Fsp3) is 0.538. The summed E-state index contributed by atoms with van der Waals surface area (Å²) in [4.78, 5) is 10.2. The normalized spacial score (nSPS) is 13.2. The Morgan fingerprint density at radius 2 is 2.10 bits per heavy atom. The fourth-order valence-corrected chi connectivity index (χ4v) is 2.03. The maximum Gasteiger partial charge on any atom is 0.416 e. The standard InChI is InChI=1S/C13H17F3N2O3/c1-3-17-11(8-21-2)6-9-4-5-10(13(14,15)16)7-12(9)18(19)20/h4-5,7,11,17H,3,6,8H2,1-2H3. The molecule has 0 aromatic heterocycles. The van der Waals surface area contributed by atoms with Crippen LogP contribution in [0.5, 0.6) is 0 Å². The smallest absolute Gasteiger partial charge is 0.383 e. The number of nitro groups is 1. The summed E-state index contributed by atoms with van der Waals surface area (Å²) < 4.78 is 42.8. The van der Waals surface area contributed by atoms with Crippen LogP contribution in [-0.4, -0.2) is 31.2 Å². The molecule has 0 saturated heterocycles. The number of rotatable bonds is 7. The first kappa shape index (κ1) is 17.4. The number of likely N-dealkylation sites (N-methyl/N-ethyl adjacent to an activating group) is 1. The van der Waals surface area contributed by atoms with Crippen LogP contribution < -0.4 is 5.32 Å². The van der Waals surface area contributed by atoms with Crippen molar-refractivity contribution >= 4 is 5.69 Å². The Balaban J connectivity index is 3.08. The molecule has 0 spiro atoms. The Bertz CT molecular complexity index is 486. The summed E-state index contributed by atoms with van der Waals surface area (Å²) in [6.45, 7) is 2.80. The van der Waals surface area contributed by atoms with E-state index in [2.05, 4.69) is 5.32 Å². The van der Waals surface area contributed by atoms with Crippen LogP contribution in [0.25, 0.3) is 0 Å². The second kappa shape index (κ2) is 7.37. The minimum Gasteiger partial charge on any atom is -0.383 e. The highest BCUT2D eigenvalue weighted by Gasteiger charge is 2.33. The number of nitrogens with one attached hydrogen (secondary N) is 1. The van der Waals surface area contributed by atoms with Crippen LogP contribution >= 0.6 is 0 Å². The van der Waals surface area contributed by atoms with Crippen molar-refractivity contribution in [2.75, 3.05) is 20.3 Å². The molecule has 0 fully saturated rings. The summed E-state index contributed by atoms with van der Waals surface area (Å²) >= 11 is 0. The van der Waals surface area contributed by atoms with E-state index >= 15 is 0 Å². The lowest BCUT2D eigenvalue weighted by Crippen LogP contribution is -2.35. The second-order valence-electron chi connectivity index (χ2n) is 4.51. The average molecular weight is 306 g/mol. The SMILES string of the molecule is CCNC(COC)Cc1ccc(C(F)(F)F)cc1[N+](=O)[O-]. The summed E-state index contributed by atoms with van der Waals surface area (Å²) in [5.41, 5.74) is -1.30. The predicted octanol–water partition coefficient (Wildman–Crippen LogP) is 2.78. The minimum atomic E-state index is -4.60. The highest BCUT2D eigenvalue weighted by molar-refractivity contribution is 5.44. The van der Waals surface area contributed by atoms with Crippen LogP contribution in [0.1, 0.15) is 18.1 Å². The number of benzene rings is 1. The Hall–Kier alpha value is -1.67. The molecular formula is C13H17F3N2O3. The summed E-state index contributed by atoms with van der Waals surface area (Å²) in [6, 6.07) is 2.39. The van der Waals surface area contributed by atoms with E-state index in [1.165, 1.54) is 7.11 Å². The van der Waals surface area contributed by atoms with Crippen LogP contribution in [0.3, 0.4) is 0 Å². The highest BCUT2D eigenvalue weighted by atomic mass is 19.4. The molecule has 118 valence electrons. The highest BCUT2D eigenvalue weighted by Crippen LogP contribution is 2.33. The lowest BCUT2D eigenvalue weighted by Gasteiger charge is -2.17. The molecule has 0 bridgehead atoms. The molecule has 1 atom stereocenters. The zero-order valence-corrected chi connectivity index (χ0v) is 11.7. The maximum atomic E-state index is 12.6. The van der Waals surface area contributed by atoms with Gasteiger partial charge in [0.2, 0.25) is 0 Å². The van der Waals surface area contributed by atoms with Crippen LogP contribution in [0.15, 0.2) is 18.2 Å². The van der Waals surface area contributed by atoms with Gasteiger partial charge >= 0.3 is 6.18 Å². The van der Waals surface area contributed by atoms with Gasteiger partial charge in [0.1, 0.15) is 0 Å². The van der Waals surface area contributed by atoms with E-state index < -0.39 is 22.4 Å². The zero-order chi connectivity index (χ0) is 16.0. The van der Waals surface area contributed by atoms with E-state index in [1.807, 2.05) is 6.92 Å². The van der Waals surface area contributed by atoms with Gasteiger partial charge in [-0.3, -0.25) is 10.1 Å². The van der Waals surface area contributed by atoms with Crippen LogP contribution in [-0.2, 0) is 17.3 Å². The maximum absolute atomic E-state index is 12.6. The molecule has 0 heterocycles. The van der Waals surface area contributed by atoms with Crippen LogP contribution in [0.4, 0.5) is 18.9 Å². The molecule has 0 aliphatic heterocycles. The van der Waals surface area contributed by atoms with Crippen molar-refractivity contribution in [3.05, 3.63) is 39.4 Å². The third-order valence-electron chi connectivity index (χ3n) is 2.94. The third kappa shape index (κ3) is 4.98. The summed E-state index contributed by atoms with van der Waals surface area (Å²) in [7, 11) is 1.49. The molecular weight excluding hydrogens is 289 g/mol. The zero-order valence-electron chi connectivity index (χ0n) is 11.7. The predicted molar refractivity (Wildman–Crippen MR) is 71.1 cm³/mol. The molecule has 8 heteroatoms. The number of nitro benzene ring substituents is 1. The second-order valence-corrected chi connectivity index (χ2v) is 4.51. The lowest BCUT2D eigenvalue weighted by atomic mass is 10.0. The van der Waals surface area contributed by atoms with E-state index in [0.717, 1.165) is 12.1 Å². The van der Waals surface area contributed by atoms with Gasteiger partial charge in [0.05, 0.1) is 17.1 Å². The van der Waals surface area contributed by atoms with Gasteiger partial charge in [-0.2, -0.15) is 13.2 Å². The molecule has 1 rings (SSSR count). The number of nitrogens with zero attached hydrogens (tertiary/aromatic N) is 1. The van der Waals surface area contributed by atoms with Crippen molar-refractivity contribution in [3.8, 4) is 0 Å². The van der Waals surface area contributed by atoms with Crippen molar-refractivity contribution in [1.29, 1.82) is 0 Å². The number of hydrogen-bond donors (Lipinski definition) is 1. The largest absolute Gasteiger partial charge is 0.416 e. The molecule has 0 amide bonds. The Labute approximate surface area is 120 Å². The minimum absolute atomic E-state index is 0.199. The van der Waals surface area contributed by atoms with Gasteiger partial charge in [0.15, 0.2) is 0 Å². The number of alkyl halides is 3. The Kier molecular flexibility index (Phi) is 6.10. The topological polar surface area (TPSA) is 64.4 Å². The van der Waals surface area contributed by atoms with Gasteiger partial charge < -0.3 is 10.1 Å². The quantitative estimate of drug-likeness (QED) is 0.621. The number of ether oxygens (including phenoxy) is 1. The van der Waals surface area contributed by atoms with E-state index in [4.69, 9.17) is 4.74 Å². The van der Waals surface area contributed by atoms with Crippen LogP contribution in [0.2, 0.25) is 0 Å². The summed E-state index contributed by atoms with van der Waals surface area (Å²) in [5, 5.41) is 14.1. The van der Waals surface area contributed by atoms with E-state index in [1.54, 1.807) is 0 Å². The van der Waals surface area contributed by atoms with E-state index in [9.17, 15) is 23.3 Å². The third-order valence-corrected chi connectivity index (χ3v) is 2.94. The molecule has 1 aromatic carbocycles. The molecule has 1 aromatic rings. The van der Waals surface area contributed by atoms with Crippen LogP contribution in [0, 0.1) is 10.1 Å². The molecule has 0 aliphatic rings. The van der Waals surface area contributed by atoms with Gasteiger partial charge in [-0.25, -0.2) is 0 Å². The molecule has 5 nitrogen and oxygen atoms in total. The summed E-state index contributed by atoms with van der Waals surface area (Å²) in [6.07, 6.45) is -4.38. The lowest BCUT2D eigenvalue weighted by molar-refractivity contribution is -0.385. The number of methoxy groups -OCH3 is 1. The van der Waals surface area contributed by atoms with Gasteiger partial charge in [0, 0.05) is 24.8 Å². The first-order valence-electron chi connectivity index (χ1n) is 6.36. The van der Waals surface area contributed by atoms with Gasteiger partial charge in [-0.05, 0) is 19.0 Å². The van der Waals surface area contributed by atoms with Crippen molar-refractivity contribution < 1.29 is 22.8 Å². The summed E-state index contributed by atoms with van der Waals surface area (Å²) in [5.74, 6) is 0. The fourth-order valence-electron chi connectivity index (χ4n) is 2.03. The van der Waals surface area contributed by atoms with Crippen molar-refractivity contribution in [1.82, 2.24) is 5.32 Å². The van der Waals surface area contributed by atoms with Crippen molar-refractivity contribution in [3.63, 3.8) is 0 Å². The number of hydrogen-bond acceptors (Lipinski definition) is 4. The first-order valence-corrected chi connectivity index (χ1v) is 6.36. The Morgan fingerprint density at radius 1 is 1.43 bits per heavy atom. The van der Waals surface area contributed by atoms with Gasteiger partial charge in [-0.15, -0.1) is 0 Å². The van der Waals surface area contributed by atoms with Gasteiger partial charge in [-0.1, -0.05) is 13.0 Å². The molecule has 0 saturated carbocycles. The molecule has 21 heavy (non-hydrogen) atoms. The Morgan fingerprint density at radius 3 is 2.57 bits per heavy atom. The van der Waals surface area contributed by atoms with E-state index in [0.29, 0.717) is 19.2 Å². The first-order chi connectivity index (χ1) is 9.79. The molecule has 0 aliphatic carbocycles. The number of halogens is 3. The molecule has 0 radical (unpaired) electrons. The van der Waals surface area contributed by atoms with Crippen molar-refractivity contribution in [2.45, 2.75) is 25.6 Å². The van der Waals surface area contributed by atoms with E-state index in [-0.39, 0.29) is 18.0 Å². The van der Waals surface area contributed by atoms with Crippen molar-refractivity contribution in [2.24, 2.45) is 0 Å².